The lowest BCUT2D eigenvalue weighted by Gasteiger charge is -2.36. The van der Waals surface area contributed by atoms with Crippen LogP contribution < -0.4 is 4.90 Å². The molecule has 1 aromatic heterocycles. The quantitative estimate of drug-likeness (QED) is 0.868. The highest BCUT2D eigenvalue weighted by Gasteiger charge is 2.20. The topological polar surface area (TPSA) is 19.4 Å². The second-order valence-electron chi connectivity index (χ2n) is 5.46. The number of aromatic nitrogens is 1. The first kappa shape index (κ1) is 14.5. The minimum atomic E-state index is -0.125. The molecule has 0 amide bonds. The summed E-state index contributed by atoms with van der Waals surface area (Å²) in [5.41, 5.74) is 1.87. The molecule has 2 aromatic rings. The summed E-state index contributed by atoms with van der Waals surface area (Å²) in [6.07, 6.45) is 0. The highest BCUT2D eigenvalue weighted by atomic mass is 32.1. The third-order valence-corrected chi connectivity index (χ3v) is 4.99. The van der Waals surface area contributed by atoms with Gasteiger partial charge < -0.3 is 4.90 Å². The Labute approximate surface area is 129 Å². The van der Waals surface area contributed by atoms with Gasteiger partial charge in [-0.05, 0) is 26.0 Å². The number of thiazole rings is 1. The van der Waals surface area contributed by atoms with Gasteiger partial charge in [-0.2, -0.15) is 0 Å². The molecule has 5 heteroatoms. The smallest absolute Gasteiger partial charge is 0.146 e. The number of rotatable bonds is 3. The highest BCUT2D eigenvalue weighted by molar-refractivity contribution is 7.11. The second kappa shape index (κ2) is 6.12. The molecule has 0 spiro atoms. The maximum atomic E-state index is 13.8. The highest BCUT2D eigenvalue weighted by Crippen LogP contribution is 2.23. The van der Waals surface area contributed by atoms with Gasteiger partial charge in [0.1, 0.15) is 5.82 Å². The molecule has 0 N–H and O–H groups in total. The average molecular weight is 305 g/mol. The summed E-state index contributed by atoms with van der Waals surface area (Å²) in [7, 11) is 0. The molecule has 0 aliphatic carbocycles. The standard InChI is InChI=1S/C16H20FN3S/c1-12-16(21-13(2)18-12)11-19-7-9-20(10-8-19)15-6-4-3-5-14(15)17/h3-6H,7-11H2,1-2H3. The van der Waals surface area contributed by atoms with Crippen molar-refractivity contribution in [3.8, 4) is 0 Å². The number of anilines is 1. The van der Waals surface area contributed by atoms with E-state index in [2.05, 4.69) is 28.6 Å². The molecule has 0 bridgehead atoms. The molecular formula is C16H20FN3S. The first-order chi connectivity index (χ1) is 10.1. The Balaban J connectivity index is 1.60. The number of hydrogen-bond acceptors (Lipinski definition) is 4. The Morgan fingerprint density at radius 1 is 1.14 bits per heavy atom. The van der Waals surface area contributed by atoms with Gasteiger partial charge in [0.25, 0.3) is 0 Å². The number of nitrogens with zero attached hydrogens (tertiary/aromatic N) is 3. The van der Waals surface area contributed by atoms with E-state index in [1.165, 1.54) is 10.9 Å². The van der Waals surface area contributed by atoms with Crippen LogP contribution in [-0.4, -0.2) is 36.1 Å². The van der Waals surface area contributed by atoms with E-state index >= 15 is 0 Å². The molecule has 0 radical (unpaired) electrons. The van der Waals surface area contributed by atoms with Crippen LogP contribution in [-0.2, 0) is 6.54 Å². The summed E-state index contributed by atoms with van der Waals surface area (Å²) >= 11 is 1.78. The van der Waals surface area contributed by atoms with E-state index in [1.54, 1.807) is 17.4 Å². The fourth-order valence-electron chi connectivity index (χ4n) is 2.78. The van der Waals surface area contributed by atoms with Gasteiger partial charge in [0.05, 0.1) is 16.4 Å². The first-order valence-corrected chi connectivity index (χ1v) is 8.10. The summed E-state index contributed by atoms with van der Waals surface area (Å²) in [6.45, 7) is 8.76. The van der Waals surface area contributed by atoms with Crippen LogP contribution in [0.25, 0.3) is 0 Å². The van der Waals surface area contributed by atoms with Gasteiger partial charge >= 0.3 is 0 Å². The van der Waals surface area contributed by atoms with Gasteiger partial charge in [-0.15, -0.1) is 11.3 Å². The monoisotopic (exact) mass is 305 g/mol. The van der Waals surface area contributed by atoms with Gasteiger partial charge in [-0.1, -0.05) is 12.1 Å². The van der Waals surface area contributed by atoms with E-state index in [0.29, 0.717) is 0 Å². The maximum Gasteiger partial charge on any atom is 0.146 e. The van der Waals surface area contributed by atoms with Crippen molar-refractivity contribution in [3.05, 3.63) is 45.7 Å². The summed E-state index contributed by atoms with van der Waals surface area (Å²) < 4.78 is 13.8. The molecule has 0 atom stereocenters. The fourth-order valence-corrected chi connectivity index (χ4v) is 3.76. The van der Waals surface area contributed by atoms with Crippen molar-refractivity contribution in [1.82, 2.24) is 9.88 Å². The molecule has 1 fully saturated rings. The van der Waals surface area contributed by atoms with Crippen molar-refractivity contribution in [2.75, 3.05) is 31.1 Å². The molecular weight excluding hydrogens is 285 g/mol. The molecule has 1 aromatic carbocycles. The van der Waals surface area contributed by atoms with Crippen LogP contribution in [0.5, 0.6) is 0 Å². The second-order valence-corrected chi connectivity index (χ2v) is 6.74. The zero-order chi connectivity index (χ0) is 14.8. The third kappa shape index (κ3) is 3.24. The zero-order valence-corrected chi connectivity index (χ0v) is 13.3. The minimum absolute atomic E-state index is 0.125. The lowest BCUT2D eigenvalue weighted by Crippen LogP contribution is -2.46. The molecule has 1 aliphatic rings. The normalized spacial score (nSPS) is 16.4. The van der Waals surface area contributed by atoms with E-state index in [4.69, 9.17) is 0 Å². The number of piperazine rings is 1. The van der Waals surface area contributed by atoms with Crippen LogP contribution in [0, 0.1) is 19.7 Å². The number of halogens is 1. The molecule has 21 heavy (non-hydrogen) atoms. The van der Waals surface area contributed by atoms with Gasteiger partial charge in [0.15, 0.2) is 0 Å². The fraction of sp³-hybridized carbons (Fsp3) is 0.438. The molecule has 112 valence electrons. The molecule has 1 saturated heterocycles. The van der Waals surface area contributed by atoms with Crippen LogP contribution in [0.1, 0.15) is 15.6 Å². The molecule has 0 saturated carbocycles. The summed E-state index contributed by atoms with van der Waals surface area (Å²) in [4.78, 5) is 10.4. The first-order valence-electron chi connectivity index (χ1n) is 7.28. The Bertz CT molecular complexity index is 618. The predicted molar refractivity (Wildman–Crippen MR) is 85.5 cm³/mol. The van der Waals surface area contributed by atoms with E-state index in [9.17, 15) is 4.39 Å². The van der Waals surface area contributed by atoms with E-state index in [0.717, 1.165) is 49.1 Å². The van der Waals surface area contributed by atoms with Crippen LogP contribution in [0.15, 0.2) is 24.3 Å². The maximum absolute atomic E-state index is 13.8. The van der Waals surface area contributed by atoms with E-state index < -0.39 is 0 Å². The summed E-state index contributed by atoms with van der Waals surface area (Å²) in [6, 6.07) is 7.03. The molecule has 3 rings (SSSR count). The van der Waals surface area contributed by atoms with Gasteiger partial charge in [-0.3, -0.25) is 4.90 Å². The SMILES string of the molecule is Cc1nc(C)c(CN2CCN(c3ccccc3F)CC2)s1. The summed E-state index contributed by atoms with van der Waals surface area (Å²) in [5.74, 6) is -0.125. The number of para-hydroxylation sites is 1. The number of benzene rings is 1. The van der Waals surface area contributed by atoms with Crippen LogP contribution in [0.3, 0.4) is 0 Å². The Morgan fingerprint density at radius 2 is 1.86 bits per heavy atom. The molecule has 3 nitrogen and oxygen atoms in total. The van der Waals surface area contributed by atoms with Gasteiger partial charge in [0.2, 0.25) is 0 Å². The average Bonchev–Trinajstić information content (AvgIpc) is 2.78. The van der Waals surface area contributed by atoms with E-state index in [-0.39, 0.29) is 5.82 Å². The predicted octanol–water partition coefficient (Wildman–Crippen LogP) is 3.22. The Hall–Kier alpha value is -1.46. The lowest BCUT2D eigenvalue weighted by atomic mass is 10.2. The van der Waals surface area contributed by atoms with Crippen molar-refractivity contribution >= 4 is 17.0 Å². The summed E-state index contributed by atoms with van der Waals surface area (Å²) in [5, 5.41) is 1.13. The van der Waals surface area contributed by atoms with Gasteiger partial charge in [-0.25, -0.2) is 9.37 Å². The van der Waals surface area contributed by atoms with Crippen molar-refractivity contribution in [3.63, 3.8) is 0 Å². The zero-order valence-electron chi connectivity index (χ0n) is 12.5. The molecule has 0 unspecified atom stereocenters. The Kier molecular flexibility index (Phi) is 4.22. The van der Waals surface area contributed by atoms with Crippen molar-refractivity contribution < 1.29 is 4.39 Å². The lowest BCUT2D eigenvalue weighted by molar-refractivity contribution is 0.250. The van der Waals surface area contributed by atoms with Crippen LogP contribution >= 0.6 is 11.3 Å². The van der Waals surface area contributed by atoms with E-state index in [1.807, 2.05) is 12.1 Å². The van der Waals surface area contributed by atoms with Gasteiger partial charge in [0, 0.05) is 37.6 Å². The molecule has 1 aliphatic heterocycles. The largest absolute Gasteiger partial charge is 0.367 e. The van der Waals surface area contributed by atoms with Crippen molar-refractivity contribution in [2.45, 2.75) is 20.4 Å². The third-order valence-electron chi connectivity index (χ3n) is 3.93. The number of hydrogen-bond donors (Lipinski definition) is 0. The number of aryl methyl sites for hydroxylation is 2. The minimum Gasteiger partial charge on any atom is -0.367 e. The van der Waals surface area contributed by atoms with Crippen molar-refractivity contribution in [1.29, 1.82) is 0 Å². The van der Waals surface area contributed by atoms with Crippen LogP contribution in [0.2, 0.25) is 0 Å². The Morgan fingerprint density at radius 3 is 2.48 bits per heavy atom. The van der Waals surface area contributed by atoms with Crippen molar-refractivity contribution in [2.24, 2.45) is 0 Å². The molecule has 2 heterocycles. The van der Waals surface area contributed by atoms with Crippen LogP contribution in [0.4, 0.5) is 10.1 Å².